The molecule has 2 aromatic heterocycles. The first-order valence-corrected chi connectivity index (χ1v) is 9.55. The van der Waals surface area contributed by atoms with Gasteiger partial charge in [0.1, 0.15) is 0 Å². The maximum atomic E-state index is 12.9. The Kier molecular flexibility index (Phi) is 6.06. The van der Waals surface area contributed by atoms with Crippen molar-refractivity contribution in [3.8, 4) is 17.1 Å². The molecular weight excluding hydrogens is 340 g/mol. The molecule has 3 heterocycles. The molecule has 2 aromatic rings. The van der Waals surface area contributed by atoms with Crippen LogP contribution >= 0.6 is 0 Å². The van der Waals surface area contributed by atoms with Crippen molar-refractivity contribution in [1.82, 2.24) is 19.8 Å². The summed E-state index contributed by atoms with van der Waals surface area (Å²) in [5.74, 6) is 0.625. The quantitative estimate of drug-likeness (QED) is 0.812. The molecule has 0 radical (unpaired) electrons. The van der Waals surface area contributed by atoms with Crippen molar-refractivity contribution in [2.24, 2.45) is 0 Å². The van der Waals surface area contributed by atoms with E-state index in [9.17, 15) is 4.79 Å². The molecule has 1 fully saturated rings. The Hall–Kier alpha value is -2.47. The van der Waals surface area contributed by atoms with Crippen LogP contribution in [0.25, 0.3) is 11.3 Å². The Balaban J connectivity index is 1.70. The van der Waals surface area contributed by atoms with E-state index in [-0.39, 0.29) is 5.91 Å². The Bertz CT molecular complexity index is 759. The fourth-order valence-electron chi connectivity index (χ4n) is 3.62. The van der Waals surface area contributed by atoms with Crippen LogP contribution in [0.15, 0.2) is 36.7 Å². The van der Waals surface area contributed by atoms with E-state index in [1.807, 2.05) is 23.1 Å². The van der Waals surface area contributed by atoms with Crippen molar-refractivity contribution >= 4 is 5.91 Å². The summed E-state index contributed by atoms with van der Waals surface area (Å²) >= 11 is 0. The third kappa shape index (κ3) is 4.27. The SMILES string of the molecule is CC[C@@H]1CN(C(=O)c2ccc(-c3ccc(OC)nc3)nc2)CCN1C(C)C. The number of methoxy groups -OCH3 is 1. The molecule has 0 unspecified atom stereocenters. The van der Waals surface area contributed by atoms with Gasteiger partial charge in [0.25, 0.3) is 5.91 Å². The minimum atomic E-state index is 0.0590. The van der Waals surface area contributed by atoms with E-state index in [0.717, 1.165) is 37.3 Å². The second kappa shape index (κ2) is 8.48. The molecule has 6 nitrogen and oxygen atoms in total. The number of aromatic nitrogens is 2. The van der Waals surface area contributed by atoms with Gasteiger partial charge in [-0.15, -0.1) is 0 Å². The largest absolute Gasteiger partial charge is 0.481 e. The van der Waals surface area contributed by atoms with Crippen molar-refractivity contribution in [3.63, 3.8) is 0 Å². The highest BCUT2D eigenvalue weighted by molar-refractivity contribution is 5.94. The van der Waals surface area contributed by atoms with Gasteiger partial charge in [-0.05, 0) is 38.5 Å². The molecular formula is C21H28N4O2. The van der Waals surface area contributed by atoms with Crippen molar-refractivity contribution in [3.05, 3.63) is 42.2 Å². The van der Waals surface area contributed by atoms with Gasteiger partial charge >= 0.3 is 0 Å². The second-order valence-electron chi connectivity index (χ2n) is 7.17. The lowest BCUT2D eigenvalue weighted by Gasteiger charge is -2.43. The summed E-state index contributed by atoms with van der Waals surface area (Å²) in [4.78, 5) is 26.0. The van der Waals surface area contributed by atoms with Gasteiger partial charge in [0.2, 0.25) is 5.88 Å². The number of ether oxygens (including phenoxy) is 1. The normalized spacial score (nSPS) is 18.0. The minimum Gasteiger partial charge on any atom is -0.481 e. The van der Waals surface area contributed by atoms with Crippen molar-refractivity contribution in [2.75, 3.05) is 26.7 Å². The van der Waals surface area contributed by atoms with Crippen LogP contribution in [-0.4, -0.2) is 64.5 Å². The zero-order valence-corrected chi connectivity index (χ0v) is 16.6. The monoisotopic (exact) mass is 368 g/mol. The Morgan fingerprint density at radius 3 is 2.56 bits per heavy atom. The summed E-state index contributed by atoms with van der Waals surface area (Å²) in [5, 5.41) is 0. The number of hydrogen-bond donors (Lipinski definition) is 0. The first-order chi connectivity index (χ1) is 13.0. The fourth-order valence-corrected chi connectivity index (χ4v) is 3.62. The lowest BCUT2D eigenvalue weighted by Crippen LogP contribution is -2.56. The van der Waals surface area contributed by atoms with Gasteiger partial charge in [0.05, 0.1) is 18.4 Å². The molecule has 0 bridgehead atoms. The van der Waals surface area contributed by atoms with Gasteiger partial charge in [-0.3, -0.25) is 14.7 Å². The standard InChI is InChI=1S/C21H28N4O2/c1-5-18-14-24(10-11-25(18)15(2)3)21(26)17-6-8-19(22-13-17)16-7-9-20(27-4)23-12-16/h6-9,12-13,15,18H,5,10-11,14H2,1-4H3/t18-/m1/s1. The molecule has 27 heavy (non-hydrogen) atoms. The molecule has 6 heteroatoms. The molecule has 0 N–H and O–H groups in total. The highest BCUT2D eigenvalue weighted by atomic mass is 16.5. The van der Waals surface area contributed by atoms with Crippen LogP contribution in [0.2, 0.25) is 0 Å². The van der Waals surface area contributed by atoms with Gasteiger partial charge in [0.15, 0.2) is 0 Å². The average Bonchev–Trinajstić information content (AvgIpc) is 2.72. The summed E-state index contributed by atoms with van der Waals surface area (Å²) in [6.07, 6.45) is 4.43. The van der Waals surface area contributed by atoms with Crippen LogP contribution in [0, 0.1) is 0 Å². The van der Waals surface area contributed by atoms with Crippen LogP contribution in [0.3, 0.4) is 0 Å². The summed E-state index contributed by atoms with van der Waals surface area (Å²) in [6, 6.07) is 8.36. The smallest absolute Gasteiger partial charge is 0.255 e. The maximum Gasteiger partial charge on any atom is 0.255 e. The first-order valence-electron chi connectivity index (χ1n) is 9.55. The zero-order chi connectivity index (χ0) is 19.4. The van der Waals surface area contributed by atoms with Crippen LogP contribution < -0.4 is 4.74 Å². The number of hydrogen-bond acceptors (Lipinski definition) is 5. The Morgan fingerprint density at radius 1 is 1.19 bits per heavy atom. The zero-order valence-electron chi connectivity index (χ0n) is 16.6. The van der Waals surface area contributed by atoms with E-state index >= 15 is 0 Å². The van der Waals surface area contributed by atoms with E-state index in [1.54, 1.807) is 25.6 Å². The van der Waals surface area contributed by atoms with E-state index in [4.69, 9.17) is 4.74 Å². The van der Waals surface area contributed by atoms with Crippen LogP contribution in [0.5, 0.6) is 5.88 Å². The van der Waals surface area contributed by atoms with E-state index in [2.05, 4.69) is 35.6 Å². The third-order valence-corrected chi connectivity index (χ3v) is 5.20. The predicted molar refractivity (Wildman–Crippen MR) is 106 cm³/mol. The first kappa shape index (κ1) is 19.3. The van der Waals surface area contributed by atoms with E-state index < -0.39 is 0 Å². The highest BCUT2D eigenvalue weighted by Crippen LogP contribution is 2.21. The number of rotatable bonds is 5. The lowest BCUT2D eigenvalue weighted by molar-refractivity contribution is 0.0371. The Morgan fingerprint density at radius 2 is 2.00 bits per heavy atom. The molecule has 0 spiro atoms. The summed E-state index contributed by atoms with van der Waals surface area (Å²) in [6.45, 7) is 9.08. The number of piperazine rings is 1. The highest BCUT2D eigenvalue weighted by Gasteiger charge is 2.30. The van der Waals surface area contributed by atoms with E-state index in [1.165, 1.54) is 0 Å². The van der Waals surface area contributed by atoms with Gasteiger partial charge in [0, 0.05) is 55.7 Å². The Labute approximate surface area is 161 Å². The molecule has 1 saturated heterocycles. The fraction of sp³-hybridized carbons (Fsp3) is 0.476. The maximum absolute atomic E-state index is 12.9. The van der Waals surface area contributed by atoms with Crippen molar-refractivity contribution in [1.29, 1.82) is 0 Å². The van der Waals surface area contributed by atoms with Crippen molar-refractivity contribution < 1.29 is 9.53 Å². The van der Waals surface area contributed by atoms with Gasteiger partial charge in [-0.25, -0.2) is 4.98 Å². The molecule has 1 amide bonds. The second-order valence-corrected chi connectivity index (χ2v) is 7.17. The third-order valence-electron chi connectivity index (χ3n) is 5.20. The number of carbonyl (C=O) groups is 1. The number of pyridine rings is 2. The molecule has 1 atom stereocenters. The molecule has 0 aromatic carbocycles. The molecule has 0 saturated carbocycles. The summed E-state index contributed by atoms with van der Waals surface area (Å²) in [7, 11) is 1.59. The van der Waals surface area contributed by atoms with Crippen LogP contribution in [0.4, 0.5) is 0 Å². The summed E-state index contributed by atoms with van der Waals surface area (Å²) in [5.41, 5.74) is 2.32. The molecule has 144 valence electrons. The number of amides is 1. The van der Waals surface area contributed by atoms with Gasteiger partial charge in [-0.2, -0.15) is 0 Å². The average molecular weight is 368 g/mol. The van der Waals surface area contributed by atoms with Gasteiger partial charge < -0.3 is 9.64 Å². The van der Waals surface area contributed by atoms with Crippen molar-refractivity contribution in [2.45, 2.75) is 39.3 Å². The van der Waals surface area contributed by atoms with Crippen LogP contribution in [-0.2, 0) is 0 Å². The topological polar surface area (TPSA) is 58.6 Å². The molecule has 0 aliphatic carbocycles. The predicted octanol–water partition coefficient (Wildman–Crippen LogP) is 3.10. The lowest BCUT2D eigenvalue weighted by atomic mass is 10.1. The van der Waals surface area contributed by atoms with E-state index in [0.29, 0.717) is 23.5 Å². The summed E-state index contributed by atoms with van der Waals surface area (Å²) < 4.78 is 5.08. The van der Waals surface area contributed by atoms with Gasteiger partial charge in [-0.1, -0.05) is 6.92 Å². The van der Waals surface area contributed by atoms with Crippen LogP contribution in [0.1, 0.15) is 37.6 Å². The number of nitrogens with zero attached hydrogens (tertiary/aromatic N) is 4. The minimum absolute atomic E-state index is 0.0590. The molecule has 1 aliphatic heterocycles. The number of carbonyl (C=O) groups excluding carboxylic acids is 1. The molecule has 1 aliphatic rings. The molecule has 3 rings (SSSR count).